The van der Waals surface area contributed by atoms with E-state index in [1.165, 1.54) is 19.3 Å². The minimum absolute atomic E-state index is 0.450. The first-order valence-corrected chi connectivity index (χ1v) is 5.91. The van der Waals surface area contributed by atoms with Gasteiger partial charge in [0.2, 0.25) is 0 Å². The van der Waals surface area contributed by atoms with E-state index in [2.05, 4.69) is 47.6 Å². The van der Waals surface area contributed by atoms with E-state index in [0.717, 1.165) is 5.92 Å². The summed E-state index contributed by atoms with van der Waals surface area (Å²) < 4.78 is 0. The minimum Gasteiger partial charge on any atom is -0.0848 e. The Bertz CT molecular complexity index is 225. The molecule has 0 heteroatoms. The van der Waals surface area contributed by atoms with Gasteiger partial charge in [0.1, 0.15) is 0 Å². The van der Waals surface area contributed by atoms with Crippen molar-refractivity contribution in [2.75, 3.05) is 0 Å². The van der Waals surface area contributed by atoms with Crippen LogP contribution in [0.3, 0.4) is 0 Å². The number of rotatable bonds is 2. The van der Waals surface area contributed by atoms with Crippen LogP contribution in [0.5, 0.6) is 0 Å². The van der Waals surface area contributed by atoms with Crippen molar-refractivity contribution in [1.29, 1.82) is 0 Å². The topological polar surface area (TPSA) is 0 Å². The Balaban J connectivity index is 2.50. The zero-order valence-corrected chi connectivity index (χ0v) is 10.8. The Kier molecular flexibility index (Phi) is 3.13. The van der Waals surface area contributed by atoms with Gasteiger partial charge in [-0.15, -0.1) is 0 Å². The standard InChI is InChI=1S/C14H26/c1-11-7-8-12(14(11,5)6)9-10-13(2,3)4/h7,12H,8-10H2,1-6H3. The fourth-order valence-electron chi connectivity index (χ4n) is 2.28. The van der Waals surface area contributed by atoms with Gasteiger partial charge in [-0.05, 0) is 42.9 Å². The first-order valence-electron chi connectivity index (χ1n) is 5.91. The Morgan fingerprint density at radius 3 is 2.29 bits per heavy atom. The predicted molar refractivity (Wildman–Crippen MR) is 64.3 cm³/mol. The summed E-state index contributed by atoms with van der Waals surface area (Å²) in [6.45, 7) is 14.1. The summed E-state index contributed by atoms with van der Waals surface area (Å²) in [6.07, 6.45) is 6.47. The number of allylic oxidation sites excluding steroid dienone is 2. The third kappa shape index (κ3) is 2.62. The van der Waals surface area contributed by atoms with Gasteiger partial charge < -0.3 is 0 Å². The summed E-state index contributed by atoms with van der Waals surface area (Å²) in [5.74, 6) is 0.877. The third-order valence-electron chi connectivity index (χ3n) is 3.99. The van der Waals surface area contributed by atoms with Gasteiger partial charge in [0.15, 0.2) is 0 Å². The molecule has 1 aliphatic rings. The van der Waals surface area contributed by atoms with Crippen LogP contribution in [0, 0.1) is 16.7 Å². The van der Waals surface area contributed by atoms with E-state index in [-0.39, 0.29) is 0 Å². The van der Waals surface area contributed by atoms with Crippen molar-refractivity contribution in [2.45, 2.75) is 60.8 Å². The van der Waals surface area contributed by atoms with Crippen molar-refractivity contribution < 1.29 is 0 Å². The normalized spacial score (nSPS) is 26.4. The minimum atomic E-state index is 0.450. The largest absolute Gasteiger partial charge is 0.0848 e. The summed E-state index contributed by atoms with van der Waals surface area (Å²) in [5, 5.41) is 0. The molecule has 14 heavy (non-hydrogen) atoms. The van der Waals surface area contributed by atoms with Gasteiger partial charge in [0, 0.05) is 0 Å². The lowest BCUT2D eigenvalue weighted by Gasteiger charge is -2.31. The van der Waals surface area contributed by atoms with Gasteiger partial charge in [-0.3, -0.25) is 0 Å². The Morgan fingerprint density at radius 2 is 1.93 bits per heavy atom. The van der Waals surface area contributed by atoms with Crippen LogP contribution < -0.4 is 0 Å². The fourth-order valence-corrected chi connectivity index (χ4v) is 2.28. The second kappa shape index (κ2) is 3.72. The van der Waals surface area contributed by atoms with Crippen molar-refractivity contribution in [1.82, 2.24) is 0 Å². The quantitative estimate of drug-likeness (QED) is 0.554. The van der Waals surface area contributed by atoms with E-state index in [4.69, 9.17) is 0 Å². The van der Waals surface area contributed by atoms with Gasteiger partial charge >= 0.3 is 0 Å². The first-order chi connectivity index (χ1) is 6.23. The average molecular weight is 194 g/mol. The molecular weight excluding hydrogens is 168 g/mol. The van der Waals surface area contributed by atoms with Crippen molar-refractivity contribution in [3.05, 3.63) is 11.6 Å². The molecule has 0 radical (unpaired) electrons. The van der Waals surface area contributed by atoms with Crippen LogP contribution in [0.15, 0.2) is 11.6 Å². The van der Waals surface area contributed by atoms with Crippen LogP contribution in [0.1, 0.15) is 60.8 Å². The summed E-state index contributed by atoms with van der Waals surface area (Å²) in [5.41, 5.74) is 2.54. The van der Waals surface area contributed by atoms with E-state index in [9.17, 15) is 0 Å². The third-order valence-corrected chi connectivity index (χ3v) is 3.99. The molecule has 0 nitrogen and oxygen atoms in total. The Labute approximate surface area is 89.8 Å². The van der Waals surface area contributed by atoms with Crippen molar-refractivity contribution in [2.24, 2.45) is 16.7 Å². The maximum Gasteiger partial charge on any atom is -0.0116 e. The van der Waals surface area contributed by atoms with Crippen molar-refractivity contribution in [3.63, 3.8) is 0 Å². The zero-order chi connectivity index (χ0) is 11.0. The highest BCUT2D eigenvalue weighted by atomic mass is 14.4. The zero-order valence-electron chi connectivity index (χ0n) is 10.8. The molecule has 0 bridgehead atoms. The molecule has 0 aromatic rings. The average Bonchev–Trinajstić information content (AvgIpc) is 2.23. The summed E-state index contributed by atoms with van der Waals surface area (Å²) in [4.78, 5) is 0. The molecule has 0 aromatic carbocycles. The maximum absolute atomic E-state index is 2.44. The molecule has 0 heterocycles. The Morgan fingerprint density at radius 1 is 1.36 bits per heavy atom. The van der Waals surface area contributed by atoms with Crippen LogP contribution in [-0.2, 0) is 0 Å². The summed E-state index contributed by atoms with van der Waals surface area (Å²) in [6, 6.07) is 0. The number of hydrogen-bond donors (Lipinski definition) is 0. The van der Waals surface area contributed by atoms with Gasteiger partial charge in [-0.2, -0.15) is 0 Å². The van der Waals surface area contributed by atoms with E-state index in [1.807, 2.05) is 0 Å². The molecule has 0 spiro atoms. The van der Waals surface area contributed by atoms with E-state index in [1.54, 1.807) is 5.57 Å². The molecular formula is C14H26. The molecule has 0 fully saturated rings. The highest BCUT2D eigenvalue weighted by Crippen LogP contribution is 2.46. The second-order valence-electron chi connectivity index (χ2n) is 6.64. The maximum atomic E-state index is 2.44. The fraction of sp³-hybridized carbons (Fsp3) is 0.857. The molecule has 0 aromatic heterocycles. The summed E-state index contributed by atoms with van der Waals surface area (Å²) in [7, 11) is 0. The second-order valence-corrected chi connectivity index (χ2v) is 6.64. The van der Waals surface area contributed by atoms with E-state index in [0.29, 0.717) is 10.8 Å². The molecule has 1 unspecified atom stereocenters. The van der Waals surface area contributed by atoms with Crippen LogP contribution >= 0.6 is 0 Å². The van der Waals surface area contributed by atoms with Gasteiger partial charge in [0.05, 0.1) is 0 Å². The molecule has 0 saturated carbocycles. The monoisotopic (exact) mass is 194 g/mol. The molecule has 82 valence electrons. The van der Waals surface area contributed by atoms with E-state index >= 15 is 0 Å². The molecule has 1 aliphatic carbocycles. The lowest BCUT2D eigenvalue weighted by atomic mass is 9.73. The molecule has 0 saturated heterocycles. The lowest BCUT2D eigenvalue weighted by molar-refractivity contribution is 0.232. The highest BCUT2D eigenvalue weighted by molar-refractivity contribution is 5.18. The van der Waals surface area contributed by atoms with Gasteiger partial charge in [0.25, 0.3) is 0 Å². The van der Waals surface area contributed by atoms with Gasteiger partial charge in [-0.1, -0.05) is 46.3 Å². The van der Waals surface area contributed by atoms with Crippen LogP contribution in [-0.4, -0.2) is 0 Å². The SMILES string of the molecule is CC1=CCC(CCC(C)(C)C)C1(C)C. The van der Waals surface area contributed by atoms with Crippen LogP contribution in [0.25, 0.3) is 0 Å². The summed E-state index contributed by atoms with van der Waals surface area (Å²) >= 11 is 0. The van der Waals surface area contributed by atoms with Crippen molar-refractivity contribution >= 4 is 0 Å². The Hall–Kier alpha value is -0.260. The first kappa shape index (κ1) is 11.8. The molecule has 0 N–H and O–H groups in total. The molecule has 1 atom stereocenters. The van der Waals surface area contributed by atoms with E-state index < -0.39 is 0 Å². The lowest BCUT2D eigenvalue weighted by Crippen LogP contribution is -2.22. The molecule has 0 aliphatic heterocycles. The van der Waals surface area contributed by atoms with Crippen LogP contribution in [0.2, 0.25) is 0 Å². The highest BCUT2D eigenvalue weighted by Gasteiger charge is 2.34. The molecule has 1 rings (SSSR count). The van der Waals surface area contributed by atoms with Crippen LogP contribution in [0.4, 0.5) is 0 Å². The van der Waals surface area contributed by atoms with Gasteiger partial charge in [-0.25, -0.2) is 0 Å². The molecule has 0 amide bonds. The number of hydrogen-bond acceptors (Lipinski definition) is 0. The predicted octanol–water partition coefficient (Wildman–Crippen LogP) is 4.81. The van der Waals surface area contributed by atoms with Crippen molar-refractivity contribution in [3.8, 4) is 0 Å². The smallest absolute Gasteiger partial charge is 0.0116 e.